The van der Waals surface area contributed by atoms with Gasteiger partial charge in [0.05, 0.1) is 5.71 Å². The largest absolute Gasteiger partial charge is 0.339 e. The molecule has 6 heteroatoms. The molecule has 0 aromatic carbocycles. The molecule has 3 rings (SSSR count). The maximum absolute atomic E-state index is 8.62. The van der Waals surface area contributed by atoms with Gasteiger partial charge in [-0.15, -0.1) is 5.10 Å². The number of nitrogens with zero attached hydrogens (tertiary/aromatic N) is 5. The SMILES string of the molecule is N#[N+]N=C1C=CC=C2CC3=CC(=NN=N)C=CC3=C21. The van der Waals surface area contributed by atoms with Gasteiger partial charge in [-0.3, -0.25) is 0 Å². The van der Waals surface area contributed by atoms with E-state index < -0.39 is 0 Å². The van der Waals surface area contributed by atoms with E-state index in [1.807, 2.05) is 30.4 Å². The molecule has 0 aromatic heterocycles. The Hall–Kier alpha value is -2.94. The van der Waals surface area contributed by atoms with Crippen molar-refractivity contribution < 1.29 is 0 Å². The molecular weight excluding hydrogens is 240 g/mol. The molecule has 3 aliphatic carbocycles. The molecule has 6 nitrogen and oxygen atoms in total. The van der Waals surface area contributed by atoms with Crippen LogP contribution in [-0.4, -0.2) is 11.4 Å². The third-order valence-electron chi connectivity index (χ3n) is 3.19. The van der Waals surface area contributed by atoms with Crippen LogP contribution in [0.2, 0.25) is 0 Å². The van der Waals surface area contributed by atoms with E-state index in [1.165, 1.54) is 0 Å². The van der Waals surface area contributed by atoms with Gasteiger partial charge in [0.1, 0.15) is 0 Å². The van der Waals surface area contributed by atoms with Crippen molar-refractivity contribution in [3.63, 3.8) is 0 Å². The summed E-state index contributed by atoms with van der Waals surface area (Å²) in [5.74, 6) is 0. The Morgan fingerprint density at radius 1 is 1.21 bits per heavy atom. The highest BCUT2D eigenvalue weighted by molar-refractivity contribution is 6.17. The van der Waals surface area contributed by atoms with Crippen molar-refractivity contribution in [3.8, 4) is 0 Å². The summed E-state index contributed by atoms with van der Waals surface area (Å²) in [6.45, 7) is 0. The minimum absolute atomic E-state index is 0.647. The average molecular weight is 249 g/mol. The maximum Gasteiger partial charge on any atom is 0.339 e. The van der Waals surface area contributed by atoms with Gasteiger partial charge in [0.25, 0.3) is 5.39 Å². The van der Waals surface area contributed by atoms with E-state index in [1.54, 1.807) is 6.08 Å². The number of diazo groups is 1. The summed E-state index contributed by atoms with van der Waals surface area (Å²) in [7, 11) is 0. The normalized spacial score (nSPS) is 23.9. The van der Waals surface area contributed by atoms with E-state index in [0.29, 0.717) is 11.4 Å². The zero-order valence-electron chi connectivity index (χ0n) is 9.91. The first kappa shape index (κ1) is 11.2. The molecule has 0 radical (unpaired) electrons. The minimum Gasteiger partial charge on any atom is -0.185 e. The molecule has 19 heavy (non-hydrogen) atoms. The van der Waals surface area contributed by atoms with Crippen LogP contribution in [0.25, 0.3) is 5.08 Å². The fraction of sp³-hybridized carbons (Fsp3) is 0.0769. The molecule has 0 heterocycles. The van der Waals surface area contributed by atoms with E-state index in [-0.39, 0.29) is 0 Å². The lowest BCUT2D eigenvalue weighted by molar-refractivity contribution is 0.991. The molecule has 0 aromatic rings. The van der Waals surface area contributed by atoms with E-state index >= 15 is 0 Å². The summed E-state index contributed by atoms with van der Waals surface area (Å²) in [6, 6.07) is 0. The highest BCUT2D eigenvalue weighted by Gasteiger charge is 2.30. The summed E-state index contributed by atoms with van der Waals surface area (Å²) in [6.07, 6.45) is 12.1. The Morgan fingerprint density at radius 3 is 2.89 bits per heavy atom. The smallest absolute Gasteiger partial charge is 0.185 e. The second-order valence-electron chi connectivity index (χ2n) is 4.22. The molecule has 0 saturated heterocycles. The third kappa shape index (κ3) is 1.77. The predicted molar refractivity (Wildman–Crippen MR) is 71.2 cm³/mol. The lowest BCUT2D eigenvalue weighted by atomic mass is 9.96. The fourth-order valence-corrected chi connectivity index (χ4v) is 2.47. The zero-order chi connectivity index (χ0) is 13.2. The van der Waals surface area contributed by atoms with Gasteiger partial charge in [-0.1, -0.05) is 23.5 Å². The summed E-state index contributed by atoms with van der Waals surface area (Å²) < 4.78 is 0. The monoisotopic (exact) mass is 249 g/mol. The highest BCUT2D eigenvalue weighted by atomic mass is 15.3. The van der Waals surface area contributed by atoms with Crippen molar-refractivity contribution >= 4 is 11.4 Å². The predicted octanol–water partition coefficient (Wildman–Crippen LogP) is 3.28. The van der Waals surface area contributed by atoms with Gasteiger partial charge >= 0.3 is 5.08 Å². The Labute approximate surface area is 109 Å². The molecule has 90 valence electrons. The Morgan fingerprint density at radius 2 is 2.11 bits per heavy atom. The quantitative estimate of drug-likeness (QED) is 0.431. The Kier molecular flexibility index (Phi) is 2.58. The first-order chi connectivity index (χ1) is 9.33. The van der Waals surface area contributed by atoms with Crippen LogP contribution >= 0.6 is 0 Å². The summed E-state index contributed by atoms with van der Waals surface area (Å²) >= 11 is 0. The van der Waals surface area contributed by atoms with E-state index in [4.69, 9.17) is 10.9 Å². The second kappa shape index (κ2) is 4.38. The van der Waals surface area contributed by atoms with Crippen LogP contribution in [-0.2, 0) is 0 Å². The van der Waals surface area contributed by atoms with Gasteiger partial charge in [0.2, 0.25) is 0 Å². The molecule has 0 unspecified atom stereocenters. The molecule has 0 spiro atoms. The van der Waals surface area contributed by atoms with E-state index in [0.717, 1.165) is 28.7 Å². The lowest BCUT2D eigenvalue weighted by Crippen LogP contribution is -2.04. The first-order valence-electron chi connectivity index (χ1n) is 5.71. The molecule has 0 aliphatic heterocycles. The number of allylic oxidation sites excluding steroid dienone is 10. The van der Waals surface area contributed by atoms with Gasteiger partial charge in [0, 0.05) is 5.57 Å². The van der Waals surface area contributed by atoms with E-state index in [9.17, 15) is 0 Å². The summed E-state index contributed by atoms with van der Waals surface area (Å²) in [5.41, 5.74) is 12.4. The van der Waals surface area contributed by atoms with Crippen LogP contribution < -0.4 is 0 Å². The van der Waals surface area contributed by atoms with Crippen molar-refractivity contribution in [2.24, 2.45) is 15.4 Å². The molecule has 0 bridgehead atoms. The molecule has 0 atom stereocenters. The Bertz CT molecular complexity index is 719. The lowest BCUT2D eigenvalue weighted by Gasteiger charge is -2.07. The van der Waals surface area contributed by atoms with Crippen LogP contribution in [0.5, 0.6) is 0 Å². The molecule has 0 amide bonds. The van der Waals surface area contributed by atoms with Gasteiger partial charge in [-0.25, -0.2) is 0 Å². The summed E-state index contributed by atoms with van der Waals surface area (Å²) in [5, 5.41) is 22.0. The topological polar surface area (TPSA) is 89.1 Å². The second-order valence-corrected chi connectivity index (χ2v) is 4.22. The molecule has 3 aliphatic rings. The number of fused-ring (bicyclic) bond motifs is 2. The number of hydrogen-bond acceptors (Lipinski definition) is 4. The van der Waals surface area contributed by atoms with Crippen molar-refractivity contribution in [3.05, 3.63) is 63.8 Å². The van der Waals surface area contributed by atoms with Crippen LogP contribution in [0.4, 0.5) is 0 Å². The van der Waals surface area contributed by atoms with Crippen molar-refractivity contribution in [2.45, 2.75) is 6.42 Å². The van der Waals surface area contributed by atoms with Crippen LogP contribution in [0.1, 0.15) is 6.42 Å². The van der Waals surface area contributed by atoms with Crippen LogP contribution in [0.15, 0.2) is 74.2 Å². The molecule has 1 N–H and O–H groups in total. The minimum atomic E-state index is 0.647. The number of hydrogen-bond donors (Lipinski definition) is 1. The fourth-order valence-electron chi connectivity index (χ4n) is 2.47. The maximum atomic E-state index is 8.62. The first-order valence-corrected chi connectivity index (χ1v) is 5.71. The van der Waals surface area contributed by atoms with Gasteiger partial charge in [-0.05, 0) is 41.4 Å². The zero-order valence-corrected chi connectivity index (χ0v) is 9.91. The highest BCUT2D eigenvalue weighted by Crippen LogP contribution is 2.40. The van der Waals surface area contributed by atoms with Crippen molar-refractivity contribution in [2.75, 3.05) is 0 Å². The Balaban J connectivity index is 2.14. The van der Waals surface area contributed by atoms with Gasteiger partial charge < -0.3 is 0 Å². The van der Waals surface area contributed by atoms with Crippen molar-refractivity contribution in [1.82, 2.24) is 0 Å². The standard InChI is InChI=1S/C13H9N6/c14-18-16-10-4-5-11-9(7-10)6-8-2-1-3-12(13(8)11)17-19-15/h1-5,7,14H,6H2/q+1. The third-order valence-corrected chi connectivity index (χ3v) is 3.19. The number of nitrogens with one attached hydrogen (secondary N) is 1. The van der Waals surface area contributed by atoms with Gasteiger partial charge in [0.15, 0.2) is 10.8 Å². The number of rotatable bonds is 1. The van der Waals surface area contributed by atoms with Crippen LogP contribution in [0.3, 0.4) is 0 Å². The van der Waals surface area contributed by atoms with Crippen molar-refractivity contribution in [1.29, 1.82) is 10.9 Å². The molecular formula is C13H9N6+. The molecule has 0 saturated carbocycles. The van der Waals surface area contributed by atoms with Crippen LogP contribution in [0, 0.1) is 10.9 Å². The summed E-state index contributed by atoms with van der Waals surface area (Å²) in [4.78, 5) is 0. The van der Waals surface area contributed by atoms with Gasteiger partial charge in [-0.2, -0.15) is 5.53 Å². The van der Waals surface area contributed by atoms with E-state index in [2.05, 4.69) is 20.5 Å². The average Bonchev–Trinajstić information content (AvgIpc) is 2.78. The molecule has 0 fully saturated rings.